The first-order chi connectivity index (χ1) is 12.9. The van der Waals surface area contributed by atoms with Crippen LogP contribution in [0.1, 0.15) is 103 Å². The third-order valence-corrected chi connectivity index (χ3v) is 6.18. The second-order valence-electron chi connectivity index (χ2n) is 8.54. The van der Waals surface area contributed by atoms with Gasteiger partial charge in [-0.3, -0.25) is 4.79 Å². The van der Waals surface area contributed by atoms with Gasteiger partial charge in [-0.25, -0.2) is 0 Å². The molecule has 1 fully saturated rings. The molecule has 1 aliphatic rings. The van der Waals surface area contributed by atoms with Gasteiger partial charge >= 0.3 is 5.97 Å². The van der Waals surface area contributed by atoms with Crippen LogP contribution >= 0.6 is 0 Å². The Hall–Kier alpha value is -0.650. The average molecular weight is 387 g/mol. The van der Waals surface area contributed by atoms with Crippen LogP contribution in [0.4, 0.5) is 0 Å². The number of aliphatic hydroxyl groups is 3. The van der Waals surface area contributed by atoms with Crippen LogP contribution < -0.4 is 0 Å². The van der Waals surface area contributed by atoms with Gasteiger partial charge < -0.3 is 20.4 Å². The number of carboxylic acids is 1. The molecule has 4 N–H and O–H groups in total. The molecule has 0 aromatic heterocycles. The molecule has 5 atom stereocenters. The number of carbonyl (C=O) groups is 1. The normalized spacial score (nSPS) is 24.8. The minimum Gasteiger partial charge on any atom is -0.481 e. The Bertz CT molecular complexity index is 387. The average Bonchev–Trinajstić information content (AvgIpc) is 2.96. The van der Waals surface area contributed by atoms with Crippen LogP contribution in [0, 0.1) is 11.8 Å². The quantitative estimate of drug-likeness (QED) is 0.297. The second-order valence-corrected chi connectivity index (χ2v) is 8.54. The Kier molecular flexibility index (Phi) is 13.0. The highest BCUT2D eigenvalue weighted by Crippen LogP contribution is 2.39. The van der Waals surface area contributed by atoms with Gasteiger partial charge in [0.25, 0.3) is 0 Å². The summed E-state index contributed by atoms with van der Waals surface area (Å²) in [4.78, 5) is 10.6. The molecule has 27 heavy (non-hydrogen) atoms. The molecule has 0 aliphatic heterocycles. The first-order valence-electron chi connectivity index (χ1n) is 11.2. The predicted molar refractivity (Wildman–Crippen MR) is 108 cm³/mol. The predicted octanol–water partition coefficient (Wildman–Crippen LogP) is 4.27. The molecule has 0 heterocycles. The van der Waals surface area contributed by atoms with Crippen molar-refractivity contribution < 1.29 is 25.2 Å². The first kappa shape index (κ1) is 24.4. The maximum atomic E-state index is 10.6. The summed E-state index contributed by atoms with van der Waals surface area (Å²) in [6, 6.07) is 0. The van der Waals surface area contributed by atoms with E-state index in [0.29, 0.717) is 12.3 Å². The molecule has 0 saturated heterocycles. The fourth-order valence-corrected chi connectivity index (χ4v) is 4.52. The number of aliphatic carboxylic acids is 1. The van der Waals surface area contributed by atoms with Gasteiger partial charge in [0.1, 0.15) is 0 Å². The van der Waals surface area contributed by atoms with Gasteiger partial charge in [0.2, 0.25) is 0 Å². The standard InChI is InChI=1S/C22H42O5/c1-2-3-4-5-6-10-18(23)13-14-20-17(12-15-21(20)25)9-7-8-11-19(24)16-22(26)27/h17-21,23-25H,2-16H2,1H3,(H,26,27)/t17-,18?,19?,20+,21+/m0/s1. The van der Waals surface area contributed by atoms with E-state index in [9.17, 15) is 20.1 Å². The Morgan fingerprint density at radius 1 is 0.889 bits per heavy atom. The molecule has 0 spiro atoms. The summed E-state index contributed by atoms with van der Waals surface area (Å²) >= 11 is 0. The number of carboxylic acid groups (broad SMARTS) is 1. The highest BCUT2D eigenvalue weighted by Gasteiger charge is 2.34. The summed E-state index contributed by atoms with van der Waals surface area (Å²) in [6.07, 6.45) is 12.4. The molecule has 1 aliphatic carbocycles. The Labute approximate surface area is 165 Å². The number of hydrogen-bond acceptors (Lipinski definition) is 4. The van der Waals surface area contributed by atoms with E-state index >= 15 is 0 Å². The Balaban J connectivity index is 2.19. The van der Waals surface area contributed by atoms with E-state index in [2.05, 4.69) is 6.92 Å². The van der Waals surface area contributed by atoms with Crippen molar-refractivity contribution in [1.29, 1.82) is 0 Å². The van der Waals surface area contributed by atoms with Gasteiger partial charge in [-0.15, -0.1) is 0 Å². The minimum absolute atomic E-state index is 0.179. The van der Waals surface area contributed by atoms with Crippen LogP contribution in [0.5, 0.6) is 0 Å². The monoisotopic (exact) mass is 386 g/mol. The van der Waals surface area contributed by atoms with Gasteiger partial charge in [0.05, 0.1) is 24.7 Å². The highest BCUT2D eigenvalue weighted by molar-refractivity contribution is 5.67. The van der Waals surface area contributed by atoms with Gasteiger partial charge in [0, 0.05) is 0 Å². The Morgan fingerprint density at radius 2 is 1.56 bits per heavy atom. The van der Waals surface area contributed by atoms with Gasteiger partial charge in [-0.1, -0.05) is 58.3 Å². The molecule has 0 bridgehead atoms. The number of aliphatic hydroxyl groups excluding tert-OH is 3. The van der Waals surface area contributed by atoms with E-state index in [1.807, 2.05) is 0 Å². The lowest BCUT2D eigenvalue weighted by Crippen LogP contribution is -2.21. The number of rotatable bonds is 16. The molecule has 2 unspecified atom stereocenters. The van der Waals surface area contributed by atoms with Crippen molar-refractivity contribution in [2.24, 2.45) is 11.8 Å². The molecular weight excluding hydrogens is 344 g/mol. The molecule has 5 nitrogen and oxygen atoms in total. The lowest BCUT2D eigenvalue weighted by Gasteiger charge is -2.23. The summed E-state index contributed by atoms with van der Waals surface area (Å²) in [5, 5.41) is 38.8. The summed E-state index contributed by atoms with van der Waals surface area (Å²) in [5.74, 6) is -0.178. The second kappa shape index (κ2) is 14.4. The van der Waals surface area contributed by atoms with Crippen molar-refractivity contribution in [3.05, 3.63) is 0 Å². The van der Waals surface area contributed by atoms with Crippen LogP contribution in [-0.4, -0.2) is 44.7 Å². The minimum atomic E-state index is -0.953. The largest absolute Gasteiger partial charge is 0.481 e. The van der Waals surface area contributed by atoms with E-state index in [1.54, 1.807) is 0 Å². The van der Waals surface area contributed by atoms with Crippen LogP contribution in [0.25, 0.3) is 0 Å². The van der Waals surface area contributed by atoms with Crippen molar-refractivity contribution in [3.8, 4) is 0 Å². The molecule has 0 amide bonds. The Morgan fingerprint density at radius 3 is 2.26 bits per heavy atom. The van der Waals surface area contributed by atoms with Crippen LogP contribution in [0.15, 0.2) is 0 Å². The van der Waals surface area contributed by atoms with Crippen LogP contribution in [0.2, 0.25) is 0 Å². The van der Waals surface area contributed by atoms with Crippen LogP contribution in [0.3, 0.4) is 0 Å². The zero-order chi connectivity index (χ0) is 20.1. The third-order valence-electron chi connectivity index (χ3n) is 6.18. The third kappa shape index (κ3) is 11.1. The fraction of sp³-hybridized carbons (Fsp3) is 0.955. The zero-order valence-corrected chi connectivity index (χ0v) is 17.2. The van der Waals surface area contributed by atoms with E-state index in [1.165, 1.54) is 25.7 Å². The van der Waals surface area contributed by atoms with Gasteiger partial charge in [0.15, 0.2) is 0 Å². The van der Waals surface area contributed by atoms with Crippen molar-refractivity contribution in [2.45, 2.75) is 122 Å². The topological polar surface area (TPSA) is 98.0 Å². The summed E-state index contributed by atoms with van der Waals surface area (Å²) < 4.78 is 0. The molecule has 0 aromatic rings. The summed E-state index contributed by atoms with van der Waals surface area (Å²) in [5.41, 5.74) is 0. The van der Waals surface area contributed by atoms with E-state index in [-0.39, 0.29) is 24.5 Å². The maximum Gasteiger partial charge on any atom is 0.305 e. The smallest absolute Gasteiger partial charge is 0.305 e. The molecule has 1 rings (SSSR count). The van der Waals surface area contributed by atoms with Gasteiger partial charge in [-0.05, 0) is 50.4 Å². The number of unbranched alkanes of at least 4 members (excludes halogenated alkanes) is 5. The zero-order valence-electron chi connectivity index (χ0n) is 17.2. The van der Waals surface area contributed by atoms with Crippen molar-refractivity contribution in [1.82, 2.24) is 0 Å². The first-order valence-corrected chi connectivity index (χ1v) is 11.2. The van der Waals surface area contributed by atoms with Crippen molar-refractivity contribution in [3.63, 3.8) is 0 Å². The van der Waals surface area contributed by atoms with Crippen molar-refractivity contribution >= 4 is 5.97 Å². The molecule has 1 saturated carbocycles. The summed E-state index contributed by atoms with van der Waals surface area (Å²) in [6.45, 7) is 2.20. The highest BCUT2D eigenvalue weighted by atomic mass is 16.4. The van der Waals surface area contributed by atoms with Crippen molar-refractivity contribution in [2.75, 3.05) is 0 Å². The summed E-state index contributed by atoms with van der Waals surface area (Å²) in [7, 11) is 0. The fourth-order valence-electron chi connectivity index (χ4n) is 4.52. The molecule has 160 valence electrons. The molecule has 5 heteroatoms. The van der Waals surface area contributed by atoms with E-state index in [0.717, 1.165) is 57.8 Å². The molecular formula is C22H42O5. The lowest BCUT2D eigenvalue weighted by molar-refractivity contribution is -0.139. The molecule has 0 aromatic carbocycles. The maximum absolute atomic E-state index is 10.6. The molecule has 0 radical (unpaired) electrons. The lowest BCUT2D eigenvalue weighted by atomic mass is 9.85. The van der Waals surface area contributed by atoms with E-state index < -0.39 is 12.1 Å². The van der Waals surface area contributed by atoms with E-state index in [4.69, 9.17) is 5.11 Å². The van der Waals surface area contributed by atoms with Crippen LogP contribution in [-0.2, 0) is 4.79 Å². The SMILES string of the molecule is CCCCCCCC(O)CC[C@@H]1[C@@H](CCCCC(O)CC(=O)O)CC[C@H]1O. The van der Waals surface area contributed by atoms with Gasteiger partial charge in [-0.2, -0.15) is 0 Å². The number of hydrogen-bond donors (Lipinski definition) is 4.